The van der Waals surface area contributed by atoms with Crippen LogP contribution in [0.15, 0.2) is 23.3 Å². The minimum Gasteiger partial charge on any atom is -0.481 e. The van der Waals surface area contributed by atoms with Crippen LogP contribution < -0.4 is 15.5 Å². The van der Waals surface area contributed by atoms with E-state index in [2.05, 4.69) is 48.3 Å². The van der Waals surface area contributed by atoms with E-state index in [0.29, 0.717) is 0 Å². The Morgan fingerprint density at radius 2 is 1.47 bits per heavy atom. The topological polar surface area (TPSA) is 155 Å². The molecule has 38 heavy (non-hydrogen) atoms. The van der Waals surface area contributed by atoms with Gasteiger partial charge in [-0.3, -0.25) is 9.59 Å². The molecule has 0 saturated carbocycles. The van der Waals surface area contributed by atoms with Crippen LogP contribution in [0.5, 0.6) is 0 Å². The molecule has 1 atom stereocenters. The number of nitrogens with one attached hydrogen (secondary N) is 3. The molecule has 10 heteroatoms. The monoisotopic (exact) mass is 535 g/mol. The summed E-state index contributed by atoms with van der Waals surface area (Å²) in [6.45, 7) is 12.8. The van der Waals surface area contributed by atoms with Gasteiger partial charge in [0, 0.05) is 25.2 Å². The second-order valence-electron chi connectivity index (χ2n) is 9.26. The Morgan fingerprint density at radius 3 is 1.92 bits per heavy atom. The minimum absolute atomic E-state index is 0.0799. The summed E-state index contributed by atoms with van der Waals surface area (Å²) in [6, 6.07) is 3.61. The van der Waals surface area contributed by atoms with Gasteiger partial charge in [0.15, 0.2) is 0 Å². The number of benzene rings is 1. The van der Waals surface area contributed by atoms with Crippen molar-refractivity contribution >= 4 is 29.2 Å². The molecule has 0 saturated heterocycles. The lowest BCUT2D eigenvalue weighted by Crippen LogP contribution is -2.41. The molecular formula is C28H49N5O5. The molecule has 10 nitrogen and oxygen atoms in total. The summed E-state index contributed by atoms with van der Waals surface area (Å²) in [6.07, 6.45) is 8.77. The molecule has 1 aromatic rings. The summed E-state index contributed by atoms with van der Waals surface area (Å²) >= 11 is 0. The number of carboxylic acids is 2. The number of anilines is 1. The third kappa shape index (κ3) is 15.3. The van der Waals surface area contributed by atoms with Crippen molar-refractivity contribution < 1.29 is 24.6 Å². The number of hydrogen-bond acceptors (Lipinski definition) is 7. The van der Waals surface area contributed by atoms with Crippen molar-refractivity contribution in [2.75, 3.05) is 31.1 Å². The van der Waals surface area contributed by atoms with Crippen LogP contribution in [-0.4, -0.2) is 60.3 Å². The molecule has 0 heterocycles. The molecular weight excluding hydrogens is 486 g/mol. The van der Waals surface area contributed by atoms with Gasteiger partial charge in [-0.15, -0.1) is 0 Å². The van der Waals surface area contributed by atoms with Crippen molar-refractivity contribution in [3.05, 3.63) is 23.8 Å². The first-order chi connectivity index (χ1) is 18.2. The van der Waals surface area contributed by atoms with E-state index in [9.17, 15) is 19.5 Å². The predicted octanol–water partition coefficient (Wildman–Crippen LogP) is 5.98. The Balaban J connectivity index is 0.00000129. The van der Waals surface area contributed by atoms with Crippen LogP contribution in [-0.2, 0) is 9.59 Å². The van der Waals surface area contributed by atoms with Gasteiger partial charge in [0.05, 0.1) is 11.3 Å². The number of hydrogen-bond donors (Lipinski definition) is 5. The SMILES string of the molecule is CCCCN(CCCC)c1ccc(C(=O)NC(CCC(=O)O)C(=O)O)c(N=N)c1.CCCCNCCCC. The normalized spacial score (nSPS) is 11.2. The summed E-state index contributed by atoms with van der Waals surface area (Å²) in [5, 5.41) is 27.1. The van der Waals surface area contributed by atoms with Crippen LogP contribution in [0.25, 0.3) is 0 Å². The second-order valence-corrected chi connectivity index (χ2v) is 9.26. The third-order valence-corrected chi connectivity index (χ3v) is 5.94. The summed E-state index contributed by atoms with van der Waals surface area (Å²) in [4.78, 5) is 36.7. The van der Waals surface area contributed by atoms with Crippen molar-refractivity contribution in [1.29, 1.82) is 5.53 Å². The molecule has 1 rings (SSSR count). The number of aliphatic carboxylic acids is 2. The molecule has 1 amide bonds. The standard InChI is InChI=1S/C20H30N4O5.C8H19N/c1-3-5-11-24(12-6-4-2)14-7-8-15(17(13-14)23-21)19(27)22-16(20(28)29)9-10-18(25)26;1-3-5-7-9-8-6-4-2/h7-8,13,16,21H,3-6,9-12H2,1-2H3,(H,22,27)(H,25,26)(H,28,29);9H,3-8H2,1-2H3. The van der Waals surface area contributed by atoms with Gasteiger partial charge in [-0.25, -0.2) is 10.3 Å². The van der Waals surface area contributed by atoms with Crippen LogP contribution >= 0.6 is 0 Å². The van der Waals surface area contributed by atoms with E-state index in [1.165, 1.54) is 44.8 Å². The smallest absolute Gasteiger partial charge is 0.326 e. The predicted molar refractivity (Wildman–Crippen MR) is 152 cm³/mol. The Kier molecular flexibility index (Phi) is 20.3. The van der Waals surface area contributed by atoms with Crippen molar-refractivity contribution in [3.63, 3.8) is 0 Å². The number of carbonyl (C=O) groups excluding carboxylic acids is 1. The zero-order chi connectivity index (χ0) is 28.8. The van der Waals surface area contributed by atoms with Gasteiger partial charge in [0.2, 0.25) is 0 Å². The number of carboxylic acid groups (broad SMARTS) is 2. The van der Waals surface area contributed by atoms with Crippen LogP contribution in [0, 0.1) is 5.53 Å². The highest BCUT2D eigenvalue weighted by Crippen LogP contribution is 2.27. The van der Waals surface area contributed by atoms with Gasteiger partial charge in [-0.05, 0) is 63.4 Å². The molecule has 0 fully saturated rings. The van der Waals surface area contributed by atoms with Crippen LogP contribution in [0.4, 0.5) is 11.4 Å². The highest BCUT2D eigenvalue weighted by molar-refractivity contribution is 6.01. The molecule has 0 aliphatic carbocycles. The van der Waals surface area contributed by atoms with Gasteiger partial charge in [0.25, 0.3) is 5.91 Å². The van der Waals surface area contributed by atoms with Crippen molar-refractivity contribution in [2.45, 2.75) is 97.9 Å². The van der Waals surface area contributed by atoms with E-state index in [-0.39, 0.29) is 24.1 Å². The Morgan fingerprint density at radius 1 is 0.921 bits per heavy atom. The highest BCUT2D eigenvalue weighted by atomic mass is 16.4. The lowest BCUT2D eigenvalue weighted by Gasteiger charge is -2.25. The fraction of sp³-hybridized carbons (Fsp3) is 0.679. The van der Waals surface area contributed by atoms with Crippen molar-refractivity contribution in [2.24, 2.45) is 5.11 Å². The molecule has 1 aromatic carbocycles. The number of nitrogens with zero attached hydrogens (tertiary/aromatic N) is 2. The van der Waals surface area contributed by atoms with Gasteiger partial charge < -0.3 is 25.7 Å². The summed E-state index contributed by atoms with van der Waals surface area (Å²) in [5.74, 6) is -3.16. The van der Waals surface area contributed by atoms with Gasteiger partial charge >= 0.3 is 11.9 Å². The molecule has 1 unspecified atom stereocenters. The summed E-state index contributed by atoms with van der Waals surface area (Å²) < 4.78 is 0. The molecule has 0 aliphatic rings. The second kappa shape index (κ2) is 22.0. The lowest BCUT2D eigenvalue weighted by molar-refractivity contribution is -0.140. The van der Waals surface area contributed by atoms with Gasteiger partial charge in [-0.1, -0.05) is 53.4 Å². The molecule has 0 bridgehead atoms. The number of amides is 1. The number of rotatable bonds is 20. The van der Waals surface area contributed by atoms with E-state index >= 15 is 0 Å². The van der Waals surface area contributed by atoms with E-state index < -0.39 is 23.9 Å². The van der Waals surface area contributed by atoms with Crippen LogP contribution in [0.2, 0.25) is 0 Å². The van der Waals surface area contributed by atoms with Crippen LogP contribution in [0.3, 0.4) is 0 Å². The lowest BCUT2D eigenvalue weighted by atomic mass is 10.1. The fourth-order valence-electron chi connectivity index (χ4n) is 3.56. The molecule has 0 aromatic heterocycles. The quantitative estimate of drug-likeness (QED) is 0.102. The van der Waals surface area contributed by atoms with Crippen LogP contribution in [0.1, 0.15) is 102 Å². The zero-order valence-electron chi connectivity index (χ0n) is 23.7. The molecule has 5 N–H and O–H groups in total. The maximum absolute atomic E-state index is 12.5. The average Bonchev–Trinajstić information content (AvgIpc) is 2.90. The zero-order valence-corrected chi connectivity index (χ0v) is 23.7. The first-order valence-corrected chi connectivity index (χ1v) is 14.0. The molecule has 216 valence electrons. The minimum atomic E-state index is -1.33. The summed E-state index contributed by atoms with van der Waals surface area (Å²) in [7, 11) is 0. The largest absolute Gasteiger partial charge is 0.481 e. The van der Waals surface area contributed by atoms with E-state index in [4.69, 9.17) is 10.6 Å². The maximum Gasteiger partial charge on any atom is 0.326 e. The Hall–Kier alpha value is -3.01. The number of carbonyl (C=O) groups is 3. The first-order valence-electron chi connectivity index (χ1n) is 14.0. The molecule has 0 radical (unpaired) electrons. The first kappa shape index (κ1) is 35.0. The number of unbranched alkanes of at least 4 members (excludes halogenated alkanes) is 4. The van der Waals surface area contributed by atoms with Crippen molar-refractivity contribution in [1.82, 2.24) is 10.6 Å². The van der Waals surface area contributed by atoms with E-state index in [1.54, 1.807) is 12.1 Å². The Labute approximate surface area is 228 Å². The van der Waals surface area contributed by atoms with Crippen molar-refractivity contribution in [3.8, 4) is 0 Å². The van der Waals surface area contributed by atoms with Gasteiger partial charge in [0.1, 0.15) is 6.04 Å². The third-order valence-electron chi connectivity index (χ3n) is 5.94. The summed E-state index contributed by atoms with van der Waals surface area (Å²) in [5.41, 5.74) is 8.50. The fourth-order valence-corrected chi connectivity index (χ4v) is 3.56. The average molecular weight is 536 g/mol. The van der Waals surface area contributed by atoms with E-state index in [1.807, 2.05) is 0 Å². The molecule has 0 spiro atoms. The van der Waals surface area contributed by atoms with Gasteiger partial charge in [-0.2, -0.15) is 5.11 Å². The maximum atomic E-state index is 12.5. The molecule has 0 aliphatic heterocycles. The Bertz CT molecular complexity index is 820. The highest BCUT2D eigenvalue weighted by Gasteiger charge is 2.23. The van der Waals surface area contributed by atoms with E-state index in [0.717, 1.165) is 44.5 Å².